The zero-order valence-electron chi connectivity index (χ0n) is 8.74. The maximum absolute atomic E-state index is 6.06. The third-order valence-corrected chi connectivity index (χ3v) is 4.14. The lowest BCUT2D eigenvalue weighted by Gasteiger charge is -2.41. The van der Waals surface area contributed by atoms with Crippen molar-refractivity contribution in [3.8, 4) is 0 Å². The van der Waals surface area contributed by atoms with E-state index in [0.717, 1.165) is 13.2 Å². The van der Waals surface area contributed by atoms with Crippen LogP contribution in [0.15, 0.2) is 11.4 Å². The SMILES string of the molecule is c1cc(C2NCCOC23CCCC3)ns1. The van der Waals surface area contributed by atoms with Crippen LogP contribution in [0.2, 0.25) is 0 Å². The van der Waals surface area contributed by atoms with Crippen LogP contribution in [0.3, 0.4) is 0 Å². The molecule has 2 aliphatic rings. The first-order valence-electron chi connectivity index (χ1n) is 5.68. The van der Waals surface area contributed by atoms with E-state index in [9.17, 15) is 0 Å². The molecule has 4 heteroatoms. The van der Waals surface area contributed by atoms with Crippen molar-refractivity contribution in [1.29, 1.82) is 0 Å². The zero-order chi connectivity index (χ0) is 10.1. The van der Waals surface area contributed by atoms with Gasteiger partial charge < -0.3 is 10.1 Å². The van der Waals surface area contributed by atoms with Gasteiger partial charge in [-0.25, -0.2) is 0 Å². The van der Waals surface area contributed by atoms with Gasteiger partial charge in [0.15, 0.2) is 0 Å². The van der Waals surface area contributed by atoms with Crippen LogP contribution in [0.25, 0.3) is 0 Å². The first-order chi connectivity index (χ1) is 7.41. The molecule has 82 valence electrons. The summed E-state index contributed by atoms with van der Waals surface area (Å²) in [5.74, 6) is 0. The summed E-state index contributed by atoms with van der Waals surface area (Å²) in [4.78, 5) is 0. The normalized spacial score (nSPS) is 29.7. The first kappa shape index (κ1) is 9.75. The molecule has 3 rings (SSSR count). The van der Waals surface area contributed by atoms with Crippen LogP contribution in [0.4, 0.5) is 0 Å². The van der Waals surface area contributed by atoms with Crippen molar-refractivity contribution in [2.24, 2.45) is 0 Å². The number of morpholine rings is 1. The van der Waals surface area contributed by atoms with Crippen LogP contribution in [-0.4, -0.2) is 23.1 Å². The number of aromatic nitrogens is 1. The highest BCUT2D eigenvalue weighted by atomic mass is 32.1. The van der Waals surface area contributed by atoms with E-state index in [0.29, 0.717) is 6.04 Å². The van der Waals surface area contributed by atoms with Crippen LogP contribution < -0.4 is 5.32 Å². The van der Waals surface area contributed by atoms with E-state index in [-0.39, 0.29) is 5.60 Å². The van der Waals surface area contributed by atoms with E-state index >= 15 is 0 Å². The Balaban J connectivity index is 1.90. The van der Waals surface area contributed by atoms with Crippen LogP contribution in [0, 0.1) is 0 Å². The Labute approximate surface area is 94.0 Å². The average molecular weight is 224 g/mol. The molecule has 1 N–H and O–H groups in total. The van der Waals surface area contributed by atoms with Gasteiger partial charge in [-0.05, 0) is 30.4 Å². The second kappa shape index (κ2) is 3.85. The van der Waals surface area contributed by atoms with Crippen molar-refractivity contribution in [2.75, 3.05) is 13.2 Å². The number of rotatable bonds is 1. The van der Waals surface area contributed by atoms with Gasteiger partial charge in [0.25, 0.3) is 0 Å². The molecule has 1 aliphatic heterocycles. The van der Waals surface area contributed by atoms with E-state index in [2.05, 4.69) is 15.8 Å². The van der Waals surface area contributed by atoms with Gasteiger partial charge in [-0.15, -0.1) is 0 Å². The van der Waals surface area contributed by atoms with Gasteiger partial charge in [-0.1, -0.05) is 12.8 Å². The Morgan fingerprint density at radius 2 is 2.33 bits per heavy atom. The highest BCUT2D eigenvalue weighted by Crippen LogP contribution is 2.43. The van der Waals surface area contributed by atoms with Gasteiger partial charge in [-0.2, -0.15) is 4.37 Å². The van der Waals surface area contributed by atoms with Crippen LogP contribution in [-0.2, 0) is 4.74 Å². The zero-order valence-corrected chi connectivity index (χ0v) is 9.55. The minimum absolute atomic E-state index is 0.0479. The van der Waals surface area contributed by atoms with Crippen molar-refractivity contribution < 1.29 is 4.74 Å². The molecule has 0 radical (unpaired) electrons. The minimum atomic E-state index is 0.0479. The fourth-order valence-electron chi connectivity index (χ4n) is 2.88. The third-order valence-electron chi connectivity index (χ3n) is 3.57. The van der Waals surface area contributed by atoms with Crippen molar-refractivity contribution >= 4 is 11.5 Å². The molecule has 3 nitrogen and oxygen atoms in total. The molecule has 1 saturated carbocycles. The molecule has 1 aromatic rings. The highest BCUT2D eigenvalue weighted by Gasteiger charge is 2.45. The molecule has 2 heterocycles. The summed E-state index contributed by atoms with van der Waals surface area (Å²) >= 11 is 1.53. The van der Waals surface area contributed by atoms with Crippen LogP contribution in [0.1, 0.15) is 37.4 Å². The van der Waals surface area contributed by atoms with Crippen molar-refractivity contribution in [3.05, 3.63) is 17.1 Å². The Morgan fingerprint density at radius 3 is 3.07 bits per heavy atom. The predicted molar refractivity (Wildman–Crippen MR) is 60.0 cm³/mol. The van der Waals surface area contributed by atoms with Crippen LogP contribution in [0.5, 0.6) is 0 Å². The summed E-state index contributed by atoms with van der Waals surface area (Å²) in [6, 6.07) is 2.44. The molecular formula is C11H16N2OS. The monoisotopic (exact) mass is 224 g/mol. The first-order valence-corrected chi connectivity index (χ1v) is 6.52. The number of nitrogens with zero attached hydrogens (tertiary/aromatic N) is 1. The summed E-state index contributed by atoms with van der Waals surface area (Å²) in [6.07, 6.45) is 4.95. The molecule has 1 aromatic heterocycles. The summed E-state index contributed by atoms with van der Waals surface area (Å²) < 4.78 is 10.5. The maximum atomic E-state index is 6.06. The largest absolute Gasteiger partial charge is 0.372 e. The lowest BCUT2D eigenvalue weighted by molar-refractivity contribution is -0.0942. The van der Waals surface area contributed by atoms with E-state index in [1.807, 2.05) is 5.38 Å². The summed E-state index contributed by atoms with van der Waals surface area (Å²) in [6.45, 7) is 1.80. The molecule has 1 aliphatic carbocycles. The standard InChI is InChI=1S/C11H16N2OS/c1-2-5-11(4-1)10(12-6-7-14-11)9-3-8-15-13-9/h3,8,10,12H,1-2,4-7H2. The van der Waals surface area contributed by atoms with Gasteiger partial charge in [0.05, 0.1) is 23.9 Å². The maximum Gasteiger partial charge on any atom is 0.0892 e. The minimum Gasteiger partial charge on any atom is -0.372 e. The fourth-order valence-corrected chi connectivity index (χ4v) is 3.43. The average Bonchev–Trinajstić information content (AvgIpc) is 2.90. The van der Waals surface area contributed by atoms with E-state index in [4.69, 9.17) is 4.74 Å². The van der Waals surface area contributed by atoms with Gasteiger partial charge >= 0.3 is 0 Å². The molecule has 1 saturated heterocycles. The third kappa shape index (κ3) is 1.61. The number of ether oxygens (including phenoxy) is 1. The van der Waals surface area contributed by atoms with Crippen LogP contribution >= 0.6 is 11.5 Å². The molecule has 1 atom stereocenters. The summed E-state index contributed by atoms with van der Waals surface area (Å²) in [5.41, 5.74) is 1.22. The molecular weight excluding hydrogens is 208 g/mol. The molecule has 0 aromatic carbocycles. The Morgan fingerprint density at radius 1 is 1.47 bits per heavy atom. The molecule has 0 bridgehead atoms. The van der Waals surface area contributed by atoms with Crippen molar-refractivity contribution in [2.45, 2.75) is 37.3 Å². The number of hydrogen-bond donors (Lipinski definition) is 1. The Hall–Kier alpha value is -0.450. The summed E-state index contributed by atoms with van der Waals surface area (Å²) in [5, 5.41) is 5.62. The smallest absolute Gasteiger partial charge is 0.0892 e. The van der Waals surface area contributed by atoms with E-state index < -0.39 is 0 Å². The molecule has 15 heavy (non-hydrogen) atoms. The molecule has 1 unspecified atom stereocenters. The van der Waals surface area contributed by atoms with E-state index in [1.54, 1.807) is 0 Å². The second-order valence-corrected chi connectivity index (χ2v) is 5.10. The predicted octanol–water partition coefficient (Wildman–Crippen LogP) is 2.12. The molecule has 2 fully saturated rings. The van der Waals surface area contributed by atoms with E-state index in [1.165, 1.54) is 42.9 Å². The van der Waals surface area contributed by atoms with Gasteiger partial charge in [0, 0.05) is 11.9 Å². The lowest BCUT2D eigenvalue weighted by atomic mass is 9.88. The number of nitrogens with one attached hydrogen (secondary N) is 1. The molecule has 0 amide bonds. The Kier molecular flexibility index (Phi) is 2.50. The topological polar surface area (TPSA) is 34.1 Å². The highest BCUT2D eigenvalue weighted by molar-refractivity contribution is 7.03. The van der Waals surface area contributed by atoms with Gasteiger partial charge in [-0.3, -0.25) is 0 Å². The van der Waals surface area contributed by atoms with Gasteiger partial charge in [0.2, 0.25) is 0 Å². The molecule has 1 spiro atoms. The number of hydrogen-bond acceptors (Lipinski definition) is 4. The van der Waals surface area contributed by atoms with Crippen molar-refractivity contribution in [1.82, 2.24) is 9.69 Å². The quantitative estimate of drug-likeness (QED) is 0.793. The van der Waals surface area contributed by atoms with Gasteiger partial charge in [0.1, 0.15) is 0 Å². The lowest BCUT2D eigenvalue weighted by Crippen LogP contribution is -2.50. The fraction of sp³-hybridized carbons (Fsp3) is 0.727. The van der Waals surface area contributed by atoms with Crippen molar-refractivity contribution in [3.63, 3.8) is 0 Å². The summed E-state index contributed by atoms with van der Waals surface area (Å²) in [7, 11) is 0. The Bertz CT molecular complexity index is 319. The second-order valence-electron chi connectivity index (χ2n) is 4.43.